The average molecular weight is 745 g/mol. The highest BCUT2D eigenvalue weighted by atomic mass is 19.4. The van der Waals surface area contributed by atoms with Gasteiger partial charge in [0.15, 0.2) is 6.10 Å². The molecule has 284 valence electrons. The van der Waals surface area contributed by atoms with Gasteiger partial charge in [0.1, 0.15) is 6.10 Å². The molecule has 53 heavy (non-hydrogen) atoms. The lowest BCUT2D eigenvalue weighted by molar-refractivity contribution is -0.147. The first-order chi connectivity index (χ1) is 25.0. The van der Waals surface area contributed by atoms with Crippen LogP contribution in [0.4, 0.5) is 26.3 Å². The first-order valence-corrected chi connectivity index (χ1v) is 17.0. The number of halogens is 6. The molecule has 2 heterocycles. The van der Waals surface area contributed by atoms with Crippen LogP contribution >= 0.6 is 0 Å². The van der Waals surface area contributed by atoms with E-state index in [9.17, 15) is 35.9 Å². The maximum Gasteiger partial charge on any atom is 0.416 e. The van der Waals surface area contributed by atoms with Crippen molar-refractivity contribution < 1.29 is 50.5 Å². The molecule has 13 heteroatoms. The van der Waals surface area contributed by atoms with Gasteiger partial charge < -0.3 is 25.6 Å². The Balaban J connectivity index is 0.000000202. The Hall–Kier alpha value is -4.72. The zero-order valence-corrected chi connectivity index (χ0v) is 29.3. The van der Waals surface area contributed by atoms with Crippen molar-refractivity contribution in [3.05, 3.63) is 118 Å². The molecule has 1 unspecified atom stereocenters. The minimum Gasteiger partial charge on any atom is -0.479 e. The number of carbonyl (C=O) groups is 2. The molecule has 0 aliphatic carbocycles. The Morgan fingerprint density at radius 2 is 1.17 bits per heavy atom. The third kappa shape index (κ3) is 12.4. The lowest BCUT2D eigenvalue weighted by Crippen LogP contribution is -2.33. The van der Waals surface area contributed by atoms with Crippen LogP contribution in [0.5, 0.6) is 0 Å². The van der Waals surface area contributed by atoms with Gasteiger partial charge >= 0.3 is 18.3 Å². The number of amides is 1. The van der Waals surface area contributed by atoms with Gasteiger partial charge in [0.2, 0.25) is 5.91 Å². The summed E-state index contributed by atoms with van der Waals surface area (Å²) in [5.74, 6) is -0.981. The number of alkyl halides is 6. The number of carbonyl (C=O) groups excluding carboxylic acids is 1. The molecule has 1 amide bonds. The van der Waals surface area contributed by atoms with Crippen molar-refractivity contribution in [2.24, 2.45) is 5.73 Å². The van der Waals surface area contributed by atoms with E-state index >= 15 is 0 Å². The predicted molar refractivity (Wildman–Crippen MR) is 189 cm³/mol. The molecule has 4 N–H and O–H groups in total. The number of carboxylic acids is 1. The quantitative estimate of drug-likeness (QED) is 0.163. The van der Waals surface area contributed by atoms with Crippen LogP contribution in [0.1, 0.15) is 59.1 Å². The van der Waals surface area contributed by atoms with Crippen molar-refractivity contribution in [3.63, 3.8) is 0 Å². The number of hydrogen-bond acceptors (Lipinski definition) is 5. The average Bonchev–Trinajstić information content (AvgIpc) is 3.86. The Morgan fingerprint density at radius 3 is 1.58 bits per heavy atom. The molecule has 0 radical (unpaired) electrons. The topological polar surface area (TPSA) is 111 Å². The van der Waals surface area contributed by atoms with Crippen molar-refractivity contribution in [2.45, 2.75) is 77.2 Å². The molecule has 0 spiro atoms. The fraction of sp³-hybridized carbons (Fsp3) is 0.350. The summed E-state index contributed by atoms with van der Waals surface area (Å²) >= 11 is 0. The number of nitrogens with two attached hydrogens (primary N) is 1. The fourth-order valence-corrected chi connectivity index (χ4v) is 5.83. The van der Waals surface area contributed by atoms with Gasteiger partial charge in [0.25, 0.3) is 0 Å². The summed E-state index contributed by atoms with van der Waals surface area (Å²) in [6.45, 7) is 5.19. The zero-order valence-electron chi connectivity index (χ0n) is 29.3. The van der Waals surface area contributed by atoms with Gasteiger partial charge in [0.05, 0.1) is 11.1 Å². The molecular formula is C40H42F6N2O5. The minimum atomic E-state index is -4.38. The molecule has 2 fully saturated rings. The van der Waals surface area contributed by atoms with Crippen molar-refractivity contribution in [1.29, 1.82) is 0 Å². The zero-order chi connectivity index (χ0) is 38.8. The van der Waals surface area contributed by atoms with E-state index in [1.165, 1.54) is 6.07 Å². The van der Waals surface area contributed by atoms with Crippen LogP contribution in [0, 0.1) is 13.8 Å². The standard InChI is InChI=1S/C20H20F3NO2.C15H14F3N.C5H8O3/c1-13-8-16(11-17(9-13)20(21,22)23)15-5-2-4-14(10-15)12-24-19(25)18-6-3-7-26-18;1-10-5-13(8-14(6-10)15(16,17)18)12-4-2-3-11(7-12)9-19;6-5(7)4-2-1-3-8-4/h2,4-5,8-11,18H,3,6-7,12H2,1H3,(H,24,25);2-8H,9,19H2,1H3;4H,1-3H2,(H,6,7)/t;;4-/m..0/s1. The molecule has 4 aromatic rings. The van der Waals surface area contributed by atoms with Crippen molar-refractivity contribution in [2.75, 3.05) is 13.2 Å². The number of hydrogen-bond donors (Lipinski definition) is 3. The molecule has 4 aromatic carbocycles. The Bertz CT molecular complexity index is 1850. The Labute approximate surface area is 304 Å². The van der Waals surface area contributed by atoms with E-state index in [0.29, 0.717) is 60.5 Å². The Morgan fingerprint density at radius 1 is 0.698 bits per heavy atom. The van der Waals surface area contributed by atoms with Crippen LogP contribution in [-0.4, -0.2) is 42.4 Å². The molecule has 2 aliphatic heterocycles. The first-order valence-electron chi connectivity index (χ1n) is 17.0. The lowest BCUT2D eigenvalue weighted by atomic mass is 9.98. The summed E-state index contributed by atoms with van der Waals surface area (Å²) < 4.78 is 87.6. The van der Waals surface area contributed by atoms with Gasteiger partial charge in [-0.3, -0.25) is 4.79 Å². The van der Waals surface area contributed by atoms with Gasteiger partial charge in [-0.25, -0.2) is 4.79 Å². The summed E-state index contributed by atoms with van der Waals surface area (Å²) in [6, 6.07) is 22.5. The van der Waals surface area contributed by atoms with E-state index in [0.717, 1.165) is 54.2 Å². The van der Waals surface area contributed by atoms with Gasteiger partial charge in [-0.05, 0) is 120 Å². The van der Waals surface area contributed by atoms with Gasteiger partial charge in [-0.15, -0.1) is 0 Å². The Kier molecular flexibility index (Phi) is 14.2. The first kappa shape index (κ1) is 41.0. The van der Waals surface area contributed by atoms with E-state index in [1.807, 2.05) is 18.2 Å². The molecule has 2 aliphatic rings. The number of nitrogens with one attached hydrogen (secondary N) is 1. The lowest BCUT2D eigenvalue weighted by Gasteiger charge is -2.13. The monoisotopic (exact) mass is 744 g/mol. The number of ether oxygens (including phenoxy) is 2. The number of aryl methyl sites for hydroxylation is 2. The third-order valence-corrected chi connectivity index (χ3v) is 8.46. The van der Waals surface area contributed by atoms with Crippen LogP contribution in [0.15, 0.2) is 84.9 Å². The molecule has 0 bridgehead atoms. The summed E-state index contributed by atoms with van der Waals surface area (Å²) in [4.78, 5) is 22.1. The molecule has 0 saturated carbocycles. The van der Waals surface area contributed by atoms with Crippen molar-refractivity contribution >= 4 is 11.9 Å². The van der Waals surface area contributed by atoms with Crippen molar-refractivity contribution in [1.82, 2.24) is 5.32 Å². The van der Waals surface area contributed by atoms with Crippen LogP contribution in [0.25, 0.3) is 22.3 Å². The molecular weight excluding hydrogens is 702 g/mol. The largest absolute Gasteiger partial charge is 0.479 e. The number of aliphatic carboxylic acids is 1. The van der Waals surface area contributed by atoms with Crippen LogP contribution in [0.3, 0.4) is 0 Å². The van der Waals surface area contributed by atoms with E-state index in [1.54, 1.807) is 56.3 Å². The molecule has 7 nitrogen and oxygen atoms in total. The summed E-state index contributed by atoms with van der Waals surface area (Å²) in [7, 11) is 0. The molecule has 2 atom stereocenters. The molecule has 2 saturated heterocycles. The summed E-state index contributed by atoms with van der Waals surface area (Å²) in [5, 5.41) is 11.1. The number of rotatable bonds is 7. The smallest absolute Gasteiger partial charge is 0.416 e. The maximum atomic E-state index is 13.0. The fourth-order valence-electron chi connectivity index (χ4n) is 5.83. The highest BCUT2D eigenvalue weighted by Crippen LogP contribution is 2.35. The number of benzene rings is 4. The van der Waals surface area contributed by atoms with E-state index in [-0.39, 0.29) is 5.91 Å². The highest BCUT2D eigenvalue weighted by molar-refractivity contribution is 5.81. The van der Waals surface area contributed by atoms with Crippen LogP contribution in [-0.2, 0) is 44.5 Å². The van der Waals surface area contributed by atoms with E-state index in [2.05, 4.69) is 5.32 Å². The predicted octanol–water partition coefficient (Wildman–Crippen LogP) is 8.87. The second-order valence-corrected chi connectivity index (χ2v) is 12.8. The van der Waals surface area contributed by atoms with Gasteiger partial charge in [0, 0.05) is 26.3 Å². The minimum absolute atomic E-state index is 0.150. The molecule has 0 aromatic heterocycles. The number of carboxylic acid groups (broad SMARTS) is 1. The summed E-state index contributed by atoms with van der Waals surface area (Å²) in [6.07, 6.45) is -6.47. The third-order valence-electron chi connectivity index (χ3n) is 8.46. The van der Waals surface area contributed by atoms with Gasteiger partial charge in [-0.2, -0.15) is 26.3 Å². The summed E-state index contributed by atoms with van der Waals surface area (Å²) in [5.41, 5.74) is 9.61. The van der Waals surface area contributed by atoms with Crippen LogP contribution < -0.4 is 11.1 Å². The SMILES string of the molecule is Cc1cc(-c2cccc(CN)c2)cc(C(F)(F)F)c1.Cc1cc(-c2cccc(CNC(=O)C3CCCO3)c2)cc(C(F)(F)F)c1.O=C(O)[C@@H]1CCCO1. The van der Waals surface area contributed by atoms with Gasteiger partial charge in [-0.1, -0.05) is 48.5 Å². The normalized spacial score (nSPS) is 16.9. The highest BCUT2D eigenvalue weighted by Gasteiger charge is 2.32. The second kappa shape index (κ2) is 18.4. The van der Waals surface area contributed by atoms with E-state index < -0.39 is 41.7 Å². The second-order valence-electron chi connectivity index (χ2n) is 12.8. The van der Waals surface area contributed by atoms with Crippen LogP contribution in [0.2, 0.25) is 0 Å². The van der Waals surface area contributed by atoms with E-state index in [4.69, 9.17) is 20.3 Å². The maximum absolute atomic E-state index is 13.0. The molecule has 6 rings (SSSR count). The van der Waals surface area contributed by atoms with Crippen molar-refractivity contribution in [3.8, 4) is 22.3 Å².